The Hall–Kier alpha value is -6.56. The minimum Gasteiger partial charge on any atom is -0.493 e. The molecule has 14 heteroatoms. The average Bonchev–Trinajstić information content (AvgIpc) is 3.51. The van der Waals surface area contributed by atoms with Crippen LogP contribution in [0.3, 0.4) is 0 Å². The van der Waals surface area contributed by atoms with Gasteiger partial charge in [0, 0.05) is 21.8 Å². The molecule has 0 fully saturated rings. The number of carbonyl (C=O) groups is 4. The van der Waals surface area contributed by atoms with Crippen LogP contribution in [0, 0.1) is 18.3 Å². The lowest BCUT2D eigenvalue weighted by molar-refractivity contribution is -0.114. The van der Waals surface area contributed by atoms with E-state index in [-0.39, 0.29) is 33.8 Å². The van der Waals surface area contributed by atoms with Gasteiger partial charge in [0.05, 0.1) is 37.5 Å². The maximum Gasteiger partial charge on any atom is 0.272 e. The largest absolute Gasteiger partial charge is 0.493 e. The maximum atomic E-state index is 13.7. The number of rotatable bonds is 14. The van der Waals surface area contributed by atoms with Gasteiger partial charge in [-0.3, -0.25) is 19.2 Å². The number of nitrogens with zero attached hydrogens (tertiary/aromatic N) is 1. The van der Waals surface area contributed by atoms with E-state index in [1.807, 2.05) is 6.07 Å². The van der Waals surface area contributed by atoms with Gasteiger partial charge < -0.3 is 35.5 Å². The van der Waals surface area contributed by atoms with E-state index in [1.54, 1.807) is 97.9 Å². The Bertz CT molecular complexity index is 2230. The number of hydrogen-bond donors (Lipinski definition) is 4. The topological polar surface area (TPSA) is 168 Å². The lowest BCUT2D eigenvalue weighted by Crippen LogP contribution is -2.30. The molecule has 4 aromatic carbocycles. The maximum absolute atomic E-state index is 13.7. The third-order valence-electron chi connectivity index (χ3n) is 7.74. The van der Waals surface area contributed by atoms with Crippen molar-refractivity contribution in [3.05, 3.63) is 130 Å². The summed E-state index contributed by atoms with van der Waals surface area (Å²) in [5, 5.41) is 21.2. The van der Waals surface area contributed by atoms with Crippen molar-refractivity contribution in [1.29, 1.82) is 5.26 Å². The third-order valence-corrected chi connectivity index (χ3v) is 9.94. The highest BCUT2D eigenvalue weighted by Crippen LogP contribution is 2.39. The van der Waals surface area contributed by atoms with Crippen LogP contribution in [0.2, 0.25) is 0 Å². The SMILES string of the molecule is COc1cc(/C=C(/NC(=O)c2ccccc2)C(=O)Nc2cccc(SCC(=O)Nc3sc(C(=O)Nc4ccccc4)c(C)c3C#N)c2)cc(OC)c1OC. The van der Waals surface area contributed by atoms with Gasteiger partial charge in [0.15, 0.2) is 11.5 Å². The van der Waals surface area contributed by atoms with Gasteiger partial charge in [-0.1, -0.05) is 42.5 Å². The second kappa shape index (κ2) is 18.3. The fourth-order valence-corrected chi connectivity index (χ4v) is 6.95. The number of nitrogens with one attached hydrogen (secondary N) is 4. The van der Waals surface area contributed by atoms with Crippen LogP contribution >= 0.6 is 23.1 Å². The zero-order valence-corrected chi connectivity index (χ0v) is 31.3. The molecule has 1 aromatic heterocycles. The van der Waals surface area contributed by atoms with E-state index in [1.165, 1.54) is 39.2 Å². The van der Waals surface area contributed by atoms with Crippen LogP contribution in [0.1, 0.15) is 36.7 Å². The first-order valence-electron chi connectivity index (χ1n) is 16.3. The molecule has 5 aromatic rings. The van der Waals surface area contributed by atoms with Crippen LogP contribution in [0.15, 0.2) is 108 Å². The molecule has 0 unspecified atom stereocenters. The first-order chi connectivity index (χ1) is 26.1. The van der Waals surface area contributed by atoms with Gasteiger partial charge in [0.2, 0.25) is 11.7 Å². The van der Waals surface area contributed by atoms with Crippen molar-refractivity contribution < 1.29 is 33.4 Å². The van der Waals surface area contributed by atoms with Crippen LogP contribution in [-0.4, -0.2) is 50.7 Å². The summed E-state index contributed by atoms with van der Waals surface area (Å²) in [6.07, 6.45) is 1.49. The zero-order chi connectivity index (χ0) is 38.6. The molecule has 4 amide bonds. The number of methoxy groups -OCH3 is 3. The van der Waals surface area contributed by atoms with Crippen LogP contribution in [0.5, 0.6) is 17.2 Å². The van der Waals surface area contributed by atoms with Crippen molar-refractivity contribution in [1.82, 2.24) is 5.32 Å². The van der Waals surface area contributed by atoms with Crippen molar-refractivity contribution >= 4 is 69.2 Å². The van der Waals surface area contributed by atoms with Crippen molar-refractivity contribution in [2.24, 2.45) is 0 Å². The summed E-state index contributed by atoms with van der Waals surface area (Å²) >= 11 is 2.24. The molecule has 0 radical (unpaired) electrons. The molecular weight excluding hydrogens is 727 g/mol. The van der Waals surface area contributed by atoms with Crippen LogP contribution in [0.25, 0.3) is 6.08 Å². The third kappa shape index (κ3) is 9.65. The van der Waals surface area contributed by atoms with E-state index in [4.69, 9.17) is 14.2 Å². The molecule has 1 heterocycles. The Morgan fingerprint density at radius 3 is 2.06 bits per heavy atom. The van der Waals surface area contributed by atoms with Gasteiger partial charge in [0.1, 0.15) is 16.8 Å². The number of thioether (sulfide) groups is 1. The van der Waals surface area contributed by atoms with Gasteiger partial charge >= 0.3 is 0 Å². The second-order valence-corrected chi connectivity index (χ2v) is 13.4. The van der Waals surface area contributed by atoms with Gasteiger partial charge in [-0.25, -0.2) is 0 Å². The lowest BCUT2D eigenvalue weighted by Gasteiger charge is -2.15. The average molecular weight is 762 g/mol. The molecule has 0 atom stereocenters. The molecule has 0 aliphatic carbocycles. The molecule has 0 saturated heterocycles. The van der Waals surface area contributed by atoms with E-state index >= 15 is 0 Å². The van der Waals surface area contributed by atoms with Gasteiger partial charge in [-0.05, 0) is 78.7 Å². The van der Waals surface area contributed by atoms with E-state index in [9.17, 15) is 24.4 Å². The molecule has 0 bridgehead atoms. The van der Waals surface area contributed by atoms with Crippen molar-refractivity contribution in [2.45, 2.75) is 11.8 Å². The summed E-state index contributed by atoms with van der Waals surface area (Å²) in [5.41, 5.74) is 2.48. The number of ether oxygens (including phenoxy) is 3. The summed E-state index contributed by atoms with van der Waals surface area (Å²) in [6, 6.07) is 29.6. The molecule has 0 spiro atoms. The standard InChI is InChI=1S/C40H35N5O7S2/c1-24-30(22-41)40(54-36(24)39(49)42-27-14-9-6-10-15-27)45-34(46)23-53-29-17-11-16-28(21-29)43-38(48)31(44-37(47)26-12-7-5-8-13-26)18-25-19-32(50-2)35(52-4)33(20-25)51-3/h5-21H,23H2,1-4H3,(H,42,49)(H,43,48)(H,44,47)(H,45,46)/b31-18+. The number of anilines is 3. The number of benzene rings is 4. The zero-order valence-electron chi connectivity index (χ0n) is 29.6. The highest BCUT2D eigenvalue weighted by Gasteiger charge is 2.22. The van der Waals surface area contributed by atoms with Gasteiger partial charge in [-0.2, -0.15) is 5.26 Å². The smallest absolute Gasteiger partial charge is 0.272 e. The number of nitriles is 1. The Labute approximate surface area is 320 Å². The summed E-state index contributed by atoms with van der Waals surface area (Å²) in [4.78, 5) is 53.9. The molecule has 274 valence electrons. The normalized spacial score (nSPS) is 10.8. The molecule has 5 rings (SSSR count). The molecule has 0 aliphatic rings. The van der Waals surface area contributed by atoms with Crippen LogP contribution in [-0.2, 0) is 9.59 Å². The lowest BCUT2D eigenvalue weighted by atomic mass is 10.1. The monoisotopic (exact) mass is 761 g/mol. The summed E-state index contributed by atoms with van der Waals surface area (Å²) in [5.74, 6) is -0.815. The number of hydrogen-bond acceptors (Lipinski definition) is 10. The van der Waals surface area contributed by atoms with Gasteiger partial charge in [0.25, 0.3) is 17.7 Å². The molecule has 0 saturated carbocycles. The number of para-hydroxylation sites is 1. The van der Waals surface area contributed by atoms with E-state index in [0.29, 0.717) is 55.1 Å². The predicted molar refractivity (Wildman–Crippen MR) is 211 cm³/mol. The Morgan fingerprint density at radius 2 is 1.43 bits per heavy atom. The minimum atomic E-state index is -0.614. The molecule has 4 N–H and O–H groups in total. The fourth-order valence-electron chi connectivity index (χ4n) is 5.13. The highest BCUT2D eigenvalue weighted by atomic mass is 32.2. The van der Waals surface area contributed by atoms with E-state index < -0.39 is 11.8 Å². The highest BCUT2D eigenvalue weighted by molar-refractivity contribution is 8.00. The summed E-state index contributed by atoms with van der Waals surface area (Å²) < 4.78 is 16.3. The summed E-state index contributed by atoms with van der Waals surface area (Å²) in [7, 11) is 4.43. The van der Waals surface area contributed by atoms with Crippen molar-refractivity contribution in [3.8, 4) is 23.3 Å². The first-order valence-corrected chi connectivity index (χ1v) is 18.1. The molecular formula is C40H35N5O7S2. The Morgan fingerprint density at radius 1 is 0.778 bits per heavy atom. The quantitative estimate of drug-likeness (QED) is 0.0668. The first kappa shape index (κ1) is 38.7. The molecule has 54 heavy (non-hydrogen) atoms. The van der Waals surface area contributed by atoms with E-state index in [2.05, 4.69) is 27.3 Å². The predicted octanol–water partition coefficient (Wildman–Crippen LogP) is 7.35. The number of thiophene rings is 1. The molecule has 12 nitrogen and oxygen atoms in total. The molecule has 0 aliphatic heterocycles. The number of amides is 4. The van der Waals surface area contributed by atoms with Crippen molar-refractivity contribution in [3.63, 3.8) is 0 Å². The van der Waals surface area contributed by atoms with E-state index in [0.717, 1.165) is 11.3 Å². The van der Waals surface area contributed by atoms with Crippen LogP contribution < -0.4 is 35.5 Å². The number of carbonyl (C=O) groups excluding carboxylic acids is 4. The van der Waals surface area contributed by atoms with Gasteiger partial charge in [-0.15, -0.1) is 23.1 Å². The Kier molecular flexibility index (Phi) is 13.1. The fraction of sp³-hybridized carbons (Fsp3) is 0.125. The Balaban J connectivity index is 1.30. The minimum absolute atomic E-state index is 0.0236. The van der Waals surface area contributed by atoms with Crippen molar-refractivity contribution in [2.75, 3.05) is 43.0 Å². The van der Waals surface area contributed by atoms with Crippen LogP contribution in [0.4, 0.5) is 16.4 Å². The second-order valence-electron chi connectivity index (χ2n) is 11.3. The summed E-state index contributed by atoms with van der Waals surface area (Å²) in [6.45, 7) is 1.66.